The SMILES string of the molecule is CN(C(=CC(=N)C(F)(F)F)C(=O)Nc1cc(CCl)ccc1F)c1cccc(C#N)c1. The molecule has 0 fully saturated rings. The number of carbonyl (C=O) groups excluding carboxylic acids is 1. The van der Waals surface area contributed by atoms with Gasteiger partial charge in [0, 0.05) is 18.6 Å². The van der Waals surface area contributed by atoms with Crippen molar-refractivity contribution in [2.75, 3.05) is 17.3 Å². The number of carbonyl (C=O) groups is 1. The van der Waals surface area contributed by atoms with Gasteiger partial charge in [-0.3, -0.25) is 10.2 Å². The number of amides is 1. The molecular formula is C20H15ClF4N4O. The molecule has 0 unspecified atom stereocenters. The molecule has 2 aromatic carbocycles. The fourth-order valence-corrected chi connectivity index (χ4v) is 2.56. The summed E-state index contributed by atoms with van der Waals surface area (Å²) in [4.78, 5) is 13.8. The summed E-state index contributed by atoms with van der Waals surface area (Å²) >= 11 is 5.69. The summed E-state index contributed by atoms with van der Waals surface area (Å²) in [6.45, 7) is 0. The number of benzene rings is 2. The Kier molecular flexibility index (Phi) is 7.19. The Hall–Kier alpha value is -3.38. The van der Waals surface area contributed by atoms with Crippen LogP contribution in [0.3, 0.4) is 0 Å². The molecule has 0 bridgehead atoms. The van der Waals surface area contributed by atoms with E-state index < -0.39 is 29.3 Å². The van der Waals surface area contributed by atoms with Gasteiger partial charge in [0.1, 0.15) is 17.2 Å². The third-order valence-corrected chi connectivity index (χ3v) is 4.28. The molecule has 0 spiro atoms. The number of allylic oxidation sites excluding steroid dienone is 1. The first kappa shape index (κ1) is 22.9. The number of nitrogens with one attached hydrogen (secondary N) is 2. The summed E-state index contributed by atoms with van der Waals surface area (Å²) in [5, 5.41) is 18.5. The minimum absolute atomic E-state index is 0.0332. The van der Waals surface area contributed by atoms with E-state index in [1.54, 1.807) is 0 Å². The second-order valence-corrected chi connectivity index (χ2v) is 6.33. The van der Waals surface area contributed by atoms with Crippen molar-refractivity contribution in [3.8, 4) is 6.07 Å². The molecule has 0 aliphatic heterocycles. The fourth-order valence-electron chi connectivity index (χ4n) is 2.39. The lowest BCUT2D eigenvalue weighted by Crippen LogP contribution is -2.31. The number of hydrogen-bond donors (Lipinski definition) is 2. The number of likely N-dealkylation sites (N-methyl/N-ethyl adjacent to an activating group) is 1. The smallest absolute Gasteiger partial charge is 0.340 e. The Morgan fingerprint density at radius 3 is 2.60 bits per heavy atom. The van der Waals surface area contributed by atoms with Gasteiger partial charge in [0.25, 0.3) is 5.91 Å². The molecule has 0 saturated carbocycles. The van der Waals surface area contributed by atoms with Gasteiger partial charge >= 0.3 is 6.18 Å². The van der Waals surface area contributed by atoms with Crippen molar-refractivity contribution in [1.82, 2.24) is 0 Å². The standard InChI is InChI=1S/C20H15ClF4N4O/c1-29(14-4-2-3-13(7-14)11-26)17(9-18(27)20(23,24)25)19(30)28-16-8-12(10-21)5-6-15(16)22/h2-9,27H,10H2,1H3,(H,28,30). The topological polar surface area (TPSA) is 80.0 Å². The van der Waals surface area contributed by atoms with Crippen LogP contribution in [0.5, 0.6) is 0 Å². The van der Waals surface area contributed by atoms with Crippen molar-refractivity contribution in [3.05, 3.63) is 71.2 Å². The summed E-state index contributed by atoms with van der Waals surface area (Å²) in [6, 6.07) is 11.4. The maximum Gasteiger partial charge on any atom is 0.432 e. The van der Waals surface area contributed by atoms with Crippen molar-refractivity contribution in [3.63, 3.8) is 0 Å². The number of nitriles is 1. The molecule has 156 valence electrons. The van der Waals surface area contributed by atoms with Crippen molar-refractivity contribution < 1.29 is 22.4 Å². The van der Waals surface area contributed by atoms with Crippen LogP contribution in [0, 0.1) is 22.6 Å². The highest BCUT2D eigenvalue weighted by Gasteiger charge is 2.34. The predicted molar refractivity (Wildman–Crippen MR) is 106 cm³/mol. The van der Waals surface area contributed by atoms with Gasteiger partial charge in [0.2, 0.25) is 0 Å². The highest BCUT2D eigenvalue weighted by Crippen LogP contribution is 2.24. The summed E-state index contributed by atoms with van der Waals surface area (Å²) in [7, 11) is 1.29. The molecule has 2 aromatic rings. The molecule has 30 heavy (non-hydrogen) atoms. The van der Waals surface area contributed by atoms with Gasteiger partial charge in [-0.05, 0) is 42.0 Å². The van der Waals surface area contributed by atoms with E-state index in [4.69, 9.17) is 22.3 Å². The van der Waals surface area contributed by atoms with Crippen molar-refractivity contribution in [2.24, 2.45) is 0 Å². The molecule has 0 saturated heterocycles. The molecule has 0 aliphatic carbocycles. The Morgan fingerprint density at radius 1 is 1.30 bits per heavy atom. The van der Waals surface area contributed by atoms with Crippen molar-refractivity contribution >= 4 is 34.6 Å². The second kappa shape index (κ2) is 9.41. The van der Waals surface area contributed by atoms with Crippen LogP contribution in [0.25, 0.3) is 0 Å². The Bertz CT molecular complexity index is 1040. The molecular weight excluding hydrogens is 424 g/mol. The van der Waals surface area contributed by atoms with Crippen molar-refractivity contribution in [1.29, 1.82) is 10.7 Å². The molecule has 0 aliphatic rings. The zero-order valence-electron chi connectivity index (χ0n) is 15.5. The average molecular weight is 439 g/mol. The van der Waals surface area contributed by atoms with Gasteiger partial charge in [-0.2, -0.15) is 18.4 Å². The summed E-state index contributed by atoms with van der Waals surface area (Å²) < 4.78 is 52.8. The van der Waals surface area contributed by atoms with Crippen LogP contribution in [0.2, 0.25) is 0 Å². The second-order valence-electron chi connectivity index (χ2n) is 6.06. The van der Waals surface area contributed by atoms with Crippen LogP contribution in [0.15, 0.2) is 54.2 Å². The maximum atomic E-state index is 14.1. The Labute approximate surface area is 174 Å². The normalized spacial score (nSPS) is 11.6. The summed E-state index contributed by atoms with van der Waals surface area (Å²) in [6.07, 6.45) is -4.66. The van der Waals surface area contributed by atoms with Crippen LogP contribution < -0.4 is 10.2 Å². The number of anilines is 2. The number of alkyl halides is 4. The first-order chi connectivity index (χ1) is 14.1. The van der Waals surface area contributed by atoms with Crippen molar-refractivity contribution in [2.45, 2.75) is 12.1 Å². The van der Waals surface area contributed by atoms with Crippen LogP contribution in [0.4, 0.5) is 28.9 Å². The number of hydrogen-bond acceptors (Lipinski definition) is 4. The molecule has 0 atom stereocenters. The predicted octanol–water partition coefficient (Wildman–Crippen LogP) is 4.98. The summed E-state index contributed by atoms with van der Waals surface area (Å²) in [5.41, 5.74) is -1.71. The molecule has 0 radical (unpaired) electrons. The molecule has 0 aromatic heterocycles. The first-order valence-electron chi connectivity index (χ1n) is 8.34. The third-order valence-electron chi connectivity index (χ3n) is 3.98. The van der Waals surface area contributed by atoms with Crippen LogP contribution in [-0.2, 0) is 10.7 Å². The van der Waals surface area contributed by atoms with E-state index in [1.165, 1.54) is 43.4 Å². The van der Waals surface area contributed by atoms with E-state index in [0.717, 1.165) is 11.0 Å². The first-order valence-corrected chi connectivity index (χ1v) is 8.87. The lowest BCUT2D eigenvalue weighted by atomic mass is 10.1. The average Bonchev–Trinajstić information content (AvgIpc) is 2.72. The summed E-state index contributed by atoms with van der Waals surface area (Å²) in [5.74, 6) is -1.86. The van der Waals surface area contributed by atoms with Gasteiger partial charge in [0.15, 0.2) is 0 Å². The minimum atomic E-state index is -5.00. The Morgan fingerprint density at radius 2 is 2.00 bits per heavy atom. The quantitative estimate of drug-likeness (QED) is 0.289. The molecule has 10 heteroatoms. The number of rotatable bonds is 6. The highest BCUT2D eigenvalue weighted by atomic mass is 35.5. The highest BCUT2D eigenvalue weighted by molar-refractivity contribution is 6.17. The van der Waals surface area contributed by atoms with Gasteiger partial charge < -0.3 is 10.2 Å². The van der Waals surface area contributed by atoms with Crippen LogP contribution in [0.1, 0.15) is 11.1 Å². The number of halogens is 5. The molecule has 0 heterocycles. The monoisotopic (exact) mass is 438 g/mol. The van der Waals surface area contributed by atoms with E-state index in [2.05, 4.69) is 5.32 Å². The van der Waals surface area contributed by atoms with E-state index in [1.807, 2.05) is 6.07 Å². The zero-order valence-corrected chi connectivity index (χ0v) is 16.3. The lowest BCUT2D eigenvalue weighted by Gasteiger charge is -2.23. The fraction of sp³-hybridized carbons (Fsp3) is 0.150. The van der Waals surface area contributed by atoms with E-state index in [-0.39, 0.29) is 22.8 Å². The zero-order chi connectivity index (χ0) is 22.5. The minimum Gasteiger partial charge on any atom is -0.340 e. The van der Waals surface area contributed by atoms with Crippen LogP contribution in [-0.4, -0.2) is 24.8 Å². The van der Waals surface area contributed by atoms with Gasteiger partial charge in [-0.1, -0.05) is 12.1 Å². The van der Waals surface area contributed by atoms with Gasteiger partial charge in [0.05, 0.1) is 17.3 Å². The van der Waals surface area contributed by atoms with E-state index in [9.17, 15) is 22.4 Å². The molecule has 2 N–H and O–H groups in total. The molecule has 5 nitrogen and oxygen atoms in total. The lowest BCUT2D eigenvalue weighted by molar-refractivity contribution is -0.112. The molecule has 2 rings (SSSR count). The van der Waals surface area contributed by atoms with Gasteiger partial charge in [-0.25, -0.2) is 4.39 Å². The van der Waals surface area contributed by atoms with Crippen LogP contribution >= 0.6 is 11.6 Å². The van der Waals surface area contributed by atoms with Gasteiger partial charge in [-0.15, -0.1) is 11.6 Å². The van der Waals surface area contributed by atoms with E-state index >= 15 is 0 Å². The largest absolute Gasteiger partial charge is 0.432 e. The Balaban J connectivity index is 2.48. The third kappa shape index (κ3) is 5.58. The molecule has 1 amide bonds. The van der Waals surface area contributed by atoms with E-state index in [0.29, 0.717) is 11.6 Å². The number of nitrogens with zero attached hydrogens (tertiary/aromatic N) is 2. The maximum absolute atomic E-state index is 14.1.